The Bertz CT molecular complexity index is 1500. The molecular formula is C34H39N3O5S. The van der Waals surface area contributed by atoms with Crippen LogP contribution in [0.1, 0.15) is 31.9 Å². The maximum Gasteiger partial charge on any atom is 0.251 e. The van der Waals surface area contributed by atoms with Crippen molar-refractivity contribution in [2.75, 3.05) is 36.1 Å². The van der Waals surface area contributed by atoms with Gasteiger partial charge in [0, 0.05) is 29.2 Å². The first kappa shape index (κ1) is 29.5. The third-order valence-corrected chi connectivity index (χ3v) is 11.2. The number of carbonyl (C=O) groups is 3. The molecular weight excluding hydrogens is 562 g/mol. The van der Waals surface area contributed by atoms with Crippen LogP contribution in [0.15, 0.2) is 66.8 Å². The summed E-state index contributed by atoms with van der Waals surface area (Å²) in [7, 11) is 0. The number of amides is 3. The second kappa shape index (κ2) is 10.9. The van der Waals surface area contributed by atoms with Gasteiger partial charge in [0.05, 0.1) is 35.8 Å². The molecule has 2 fully saturated rings. The predicted octanol–water partition coefficient (Wildman–Crippen LogP) is 4.28. The Kier molecular flexibility index (Phi) is 7.45. The number of carbonyl (C=O) groups excluding carboxylic acids is 3. The molecule has 0 aliphatic carbocycles. The van der Waals surface area contributed by atoms with Gasteiger partial charge in [-0.25, -0.2) is 0 Å². The van der Waals surface area contributed by atoms with E-state index in [1.807, 2.05) is 88.4 Å². The molecule has 0 bridgehead atoms. The van der Waals surface area contributed by atoms with Gasteiger partial charge in [-0.15, -0.1) is 11.8 Å². The van der Waals surface area contributed by atoms with Crippen molar-refractivity contribution in [2.45, 2.75) is 56.2 Å². The molecule has 2 saturated heterocycles. The van der Waals surface area contributed by atoms with Gasteiger partial charge in [-0.3, -0.25) is 14.4 Å². The third-order valence-electron chi connectivity index (χ3n) is 9.40. The highest BCUT2D eigenvalue weighted by atomic mass is 32.2. The van der Waals surface area contributed by atoms with Crippen LogP contribution in [0.4, 0.5) is 11.4 Å². The largest absolute Gasteiger partial charge is 0.494 e. The summed E-state index contributed by atoms with van der Waals surface area (Å²) in [6.45, 7) is 10.7. The SMILES string of the molecule is CCOc1ccc(N2CC=C[C@]3(C)S[C@]45C=CCN(c6c(C)cccc6C)C(=O)C4N([C@H](C)CO)C(=O)[C@@H]5[C@@H]3C2=O)cc1. The van der Waals surface area contributed by atoms with Crippen molar-refractivity contribution in [3.05, 3.63) is 77.9 Å². The third kappa shape index (κ3) is 4.42. The molecule has 2 aromatic rings. The molecule has 4 heterocycles. The molecule has 226 valence electrons. The summed E-state index contributed by atoms with van der Waals surface area (Å²) in [4.78, 5) is 49.0. The molecule has 0 aromatic heterocycles. The molecule has 9 heteroatoms. The summed E-state index contributed by atoms with van der Waals surface area (Å²) in [6, 6.07) is 11.9. The minimum Gasteiger partial charge on any atom is -0.494 e. The fraction of sp³-hybridized carbons (Fsp3) is 0.441. The number of benzene rings is 2. The molecule has 1 spiro atoms. The Morgan fingerprint density at radius 1 is 0.930 bits per heavy atom. The standard InChI is InChI=1S/C34H39N3O5S/c1-6-42-25-14-12-24(13-15-25)35-18-8-16-33(5)26(30(35)39)27-31(40)37(23(4)20-38)29-32(41)36(19-9-17-34(27,29)43-33)28-21(2)10-7-11-22(28)3/h7-17,23,26-27,29,38H,6,18-20H2,1-5H3/t23-,26-,27+,29?,33+,34+/m1/s1. The van der Waals surface area contributed by atoms with Gasteiger partial charge < -0.3 is 24.5 Å². The molecule has 1 unspecified atom stereocenters. The van der Waals surface area contributed by atoms with E-state index in [9.17, 15) is 19.5 Å². The number of hydrogen-bond acceptors (Lipinski definition) is 6. The topological polar surface area (TPSA) is 90.4 Å². The highest BCUT2D eigenvalue weighted by Crippen LogP contribution is 2.66. The van der Waals surface area contributed by atoms with E-state index in [-0.39, 0.29) is 24.3 Å². The van der Waals surface area contributed by atoms with Gasteiger partial charge in [0.2, 0.25) is 11.8 Å². The van der Waals surface area contributed by atoms with Crippen molar-refractivity contribution in [3.63, 3.8) is 0 Å². The fourth-order valence-corrected chi connectivity index (χ4v) is 9.72. The van der Waals surface area contributed by atoms with E-state index in [1.165, 1.54) is 0 Å². The number of rotatable bonds is 6. The lowest BCUT2D eigenvalue weighted by Gasteiger charge is -2.39. The van der Waals surface area contributed by atoms with Crippen LogP contribution in [0.3, 0.4) is 0 Å². The lowest BCUT2D eigenvalue weighted by Crippen LogP contribution is -2.56. The maximum atomic E-state index is 14.7. The van der Waals surface area contributed by atoms with Crippen LogP contribution >= 0.6 is 11.8 Å². The number of aliphatic hydroxyl groups is 1. The van der Waals surface area contributed by atoms with E-state index in [1.54, 1.807) is 33.4 Å². The lowest BCUT2D eigenvalue weighted by atomic mass is 9.74. The molecule has 4 aliphatic rings. The predicted molar refractivity (Wildman–Crippen MR) is 169 cm³/mol. The zero-order valence-electron chi connectivity index (χ0n) is 25.3. The molecule has 0 radical (unpaired) electrons. The Morgan fingerprint density at radius 2 is 1.58 bits per heavy atom. The van der Waals surface area contributed by atoms with Crippen LogP contribution in [0, 0.1) is 25.7 Å². The highest BCUT2D eigenvalue weighted by molar-refractivity contribution is 8.02. The number of aliphatic hydroxyl groups excluding tert-OH is 1. The summed E-state index contributed by atoms with van der Waals surface area (Å²) in [5, 5.41) is 10.3. The van der Waals surface area contributed by atoms with Gasteiger partial charge in [-0.1, -0.05) is 42.5 Å². The molecule has 4 aliphatic heterocycles. The molecule has 6 rings (SSSR count). The van der Waals surface area contributed by atoms with Crippen molar-refractivity contribution in [1.82, 2.24) is 4.90 Å². The Morgan fingerprint density at radius 3 is 2.23 bits per heavy atom. The number of anilines is 2. The van der Waals surface area contributed by atoms with E-state index < -0.39 is 33.4 Å². The van der Waals surface area contributed by atoms with Crippen molar-refractivity contribution in [1.29, 1.82) is 0 Å². The first-order chi connectivity index (χ1) is 20.6. The van der Waals surface area contributed by atoms with Crippen molar-refractivity contribution >= 4 is 40.9 Å². The Balaban J connectivity index is 1.46. The summed E-state index contributed by atoms with van der Waals surface area (Å²) in [6.07, 6.45) is 8.05. The minimum atomic E-state index is -0.982. The monoisotopic (exact) mass is 601 g/mol. The molecule has 43 heavy (non-hydrogen) atoms. The van der Waals surface area contributed by atoms with Crippen LogP contribution in [-0.4, -0.2) is 75.6 Å². The molecule has 8 nitrogen and oxygen atoms in total. The number of fused-ring (bicyclic) bond motifs is 2. The van der Waals surface area contributed by atoms with Crippen LogP contribution < -0.4 is 14.5 Å². The van der Waals surface area contributed by atoms with Gasteiger partial charge in [-0.2, -0.15) is 0 Å². The van der Waals surface area contributed by atoms with Crippen LogP contribution in [0.2, 0.25) is 0 Å². The average Bonchev–Trinajstić information content (AvgIpc) is 3.26. The van der Waals surface area contributed by atoms with Crippen LogP contribution in [0.5, 0.6) is 5.75 Å². The van der Waals surface area contributed by atoms with Crippen LogP contribution in [0.25, 0.3) is 0 Å². The minimum absolute atomic E-state index is 0.145. The summed E-state index contributed by atoms with van der Waals surface area (Å²) >= 11 is 1.55. The van der Waals surface area contributed by atoms with Crippen LogP contribution in [-0.2, 0) is 14.4 Å². The number of thioether (sulfide) groups is 1. The summed E-state index contributed by atoms with van der Waals surface area (Å²) < 4.78 is 3.90. The van der Waals surface area contributed by atoms with E-state index in [0.29, 0.717) is 19.7 Å². The quantitative estimate of drug-likeness (QED) is 0.498. The second-order valence-electron chi connectivity index (χ2n) is 12.1. The average molecular weight is 602 g/mol. The van der Waals surface area contributed by atoms with Gasteiger partial charge in [0.25, 0.3) is 5.91 Å². The Labute approximate surface area is 257 Å². The van der Waals surface area contributed by atoms with E-state index in [0.717, 1.165) is 28.3 Å². The maximum absolute atomic E-state index is 14.7. The first-order valence-electron chi connectivity index (χ1n) is 15.0. The molecule has 2 aromatic carbocycles. The number of likely N-dealkylation sites (tertiary alicyclic amines) is 1. The molecule has 1 N–H and O–H groups in total. The Hall–Kier alpha value is -3.56. The first-order valence-corrected chi connectivity index (χ1v) is 15.8. The number of para-hydroxylation sites is 1. The van der Waals surface area contributed by atoms with Crippen molar-refractivity contribution in [2.24, 2.45) is 11.8 Å². The van der Waals surface area contributed by atoms with E-state index in [2.05, 4.69) is 6.08 Å². The fourth-order valence-electron chi connectivity index (χ4n) is 7.58. The smallest absolute Gasteiger partial charge is 0.251 e. The van der Waals surface area contributed by atoms with E-state index >= 15 is 0 Å². The normalized spacial score (nSPS) is 30.6. The molecule has 6 atom stereocenters. The zero-order valence-corrected chi connectivity index (χ0v) is 26.1. The number of aryl methyl sites for hydroxylation is 2. The van der Waals surface area contributed by atoms with Gasteiger partial charge in [-0.05, 0) is 70.0 Å². The number of hydrogen-bond donors (Lipinski definition) is 1. The van der Waals surface area contributed by atoms with Gasteiger partial charge in [0.1, 0.15) is 11.8 Å². The van der Waals surface area contributed by atoms with Crippen molar-refractivity contribution < 1.29 is 24.2 Å². The number of nitrogens with zero attached hydrogens (tertiary/aromatic N) is 3. The zero-order chi connectivity index (χ0) is 30.7. The summed E-state index contributed by atoms with van der Waals surface area (Å²) in [5.41, 5.74) is 3.51. The number of ether oxygens (including phenoxy) is 1. The lowest BCUT2D eigenvalue weighted by molar-refractivity contribution is -0.141. The summed E-state index contributed by atoms with van der Waals surface area (Å²) in [5.74, 6) is -1.36. The van der Waals surface area contributed by atoms with Crippen molar-refractivity contribution in [3.8, 4) is 5.75 Å². The molecule has 3 amide bonds. The highest BCUT2D eigenvalue weighted by Gasteiger charge is 2.74. The van der Waals surface area contributed by atoms with Gasteiger partial charge >= 0.3 is 0 Å². The van der Waals surface area contributed by atoms with E-state index in [4.69, 9.17) is 4.74 Å². The van der Waals surface area contributed by atoms with Gasteiger partial charge in [0.15, 0.2) is 0 Å². The second-order valence-corrected chi connectivity index (χ2v) is 13.9. The molecule has 0 saturated carbocycles.